The number of anilines is 1. The second-order valence-electron chi connectivity index (χ2n) is 4.61. The molecule has 3 aromatic rings. The Bertz CT molecular complexity index is 814. The summed E-state index contributed by atoms with van der Waals surface area (Å²) in [5.74, 6) is 1.50. The second-order valence-corrected chi connectivity index (χ2v) is 4.61. The number of aromatic nitrogens is 4. The largest absolute Gasteiger partial charge is 0.456 e. The van der Waals surface area contributed by atoms with E-state index >= 15 is 0 Å². The van der Waals surface area contributed by atoms with E-state index in [1.54, 1.807) is 44.3 Å². The van der Waals surface area contributed by atoms with Gasteiger partial charge in [0.05, 0.1) is 0 Å². The first kappa shape index (κ1) is 13.9. The van der Waals surface area contributed by atoms with Crippen molar-refractivity contribution < 1.29 is 9.21 Å². The molecule has 0 saturated heterocycles. The van der Waals surface area contributed by atoms with E-state index in [-0.39, 0.29) is 11.7 Å². The summed E-state index contributed by atoms with van der Waals surface area (Å²) >= 11 is 0. The zero-order chi connectivity index (χ0) is 15.5. The monoisotopic (exact) mass is 295 g/mol. The summed E-state index contributed by atoms with van der Waals surface area (Å²) in [6.45, 7) is 3.49. The smallest absolute Gasteiger partial charge is 0.293 e. The molecule has 0 aromatic carbocycles. The Morgan fingerprint density at radius 3 is 2.64 bits per heavy atom. The molecule has 110 valence electrons. The van der Waals surface area contributed by atoms with Crippen molar-refractivity contribution in [3.8, 4) is 11.5 Å². The molecule has 0 aliphatic heterocycles. The molecule has 3 heterocycles. The van der Waals surface area contributed by atoms with Gasteiger partial charge in [0, 0.05) is 6.20 Å². The third-order valence-corrected chi connectivity index (χ3v) is 2.83. The van der Waals surface area contributed by atoms with E-state index in [1.165, 1.54) is 0 Å². The lowest BCUT2D eigenvalue weighted by Crippen LogP contribution is -2.15. The van der Waals surface area contributed by atoms with Crippen molar-refractivity contribution in [2.75, 3.05) is 5.32 Å². The topological polar surface area (TPSA) is 93.8 Å². The van der Waals surface area contributed by atoms with Crippen LogP contribution in [0.2, 0.25) is 0 Å². The number of hydrogen-bond acceptors (Lipinski definition) is 6. The van der Waals surface area contributed by atoms with Gasteiger partial charge in [0.25, 0.3) is 5.91 Å². The number of pyridine rings is 1. The Hall–Kier alpha value is -3.09. The molecule has 0 aliphatic rings. The highest BCUT2D eigenvalue weighted by Gasteiger charge is 2.14. The molecule has 1 amide bonds. The summed E-state index contributed by atoms with van der Waals surface area (Å²) in [5, 5.41) is 2.60. The molecule has 0 fully saturated rings. The van der Waals surface area contributed by atoms with Gasteiger partial charge < -0.3 is 4.42 Å². The van der Waals surface area contributed by atoms with Crippen molar-refractivity contribution >= 4 is 11.9 Å². The zero-order valence-corrected chi connectivity index (χ0v) is 12.1. The molecule has 0 spiro atoms. The van der Waals surface area contributed by atoms with Crippen LogP contribution in [0.15, 0.2) is 40.9 Å². The normalized spacial score (nSPS) is 10.5. The van der Waals surface area contributed by atoms with Crippen molar-refractivity contribution in [1.82, 2.24) is 19.9 Å². The second kappa shape index (κ2) is 5.72. The molecular formula is C15H13N5O2. The van der Waals surface area contributed by atoms with Crippen LogP contribution in [0.5, 0.6) is 0 Å². The minimum absolute atomic E-state index is 0.159. The highest BCUT2D eigenvalue weighted by Crippen LogP contribution is 2.14. The van der Waals surface area contributed by atoms with Crippen LogP contribution >= 0.6 is 0 Å². The lowest BCUT2D eigenvalue weighted by molar-refractivity contribution is 0.0994. The molecule has 3 rings (SSSR count). The molecule has 0 unspecified atom stereocenters. The third kappa shape index (κ3) is 2.98. The number of nitrogens with one attached hydrogen (secondary N) is 1. The van der Waals surface area contributed by atoms with Gasteiger partial charge in [0.2, 0.25) is 5.95 Å². The fraction of sp³-hybridized carbons (Fsp3) is 0.133. The lowest BCUT2D eigenvalue weighted by Gasteiger charge is -2.05. The van der Waals surface area contributed by atoms with Gasteiger partial charge in [-0.2, -0.15) is 9.97 Å². The number of nitrogens with zero attached hydrogens (tertiary/aromatic N) is 4. The first-order chi connectivity index (χ1) is 10.6. The van der Waals surface area contributed by atoms with Crippen LogP contribution in [0.4, 0.5) is 5.95 Å². The maximum absolute atomic E-state index is 12.1. The molecular weight excluding hydrogens is 282 g/mol. The van der Waals surface area contributed by atoms with Gasteiger partial charge in [-0.3, -0.25) is 15.1 Å². The number of rotatable bonds is 3. The molecule has 0 atom stereocenters. The predicted octanol–water partition coefficient (Wildman–Crippen LogP) is 2.40. The molecule has 0 aliphatic carbocycles. The summed E-state index contributed by atoms with van der Waals surface area (Å²) in [7, 11) is 0. The Labute approximate surface area is 126 Å². The predicted molar refractivity (Wildman–Crippen MR) is 79.2 cm³/mol. The highest BCUT2D eigenvalue weighted by molar-refractivity contribution is 6.01. The first-order valence-electron chi connectivity index (χ1n) is 6.64. The summed E-state index contributed by atoms with van der Waals surface area (Å²) in [6.07, 6.45) is 1.65. The minimum Gasteiger partial charge on any atom is -0.456 e. The van der Waals surface area contributed by atoms with Gasteiger partial charge in [-0.15, -0.1) is 0 Å². The number of hydrogen-bond donors (Lipinski definition) is 1. The van der Waals surface area contributed by atoms with Crippen LogP contribution in [0.25, 0.3) is 11.5 Å². The number of furan rings is 1. The van der Waals surface area contributed by atoms with Crippen LogP contribution in [-0.4, -0.2) is 25.8 Å². The van der Waals surface area contributed by atoms with Crippen LogP contribution in [0.1, 0.15) is 22.1 Å². The Morgan fingerprint density at radius 2 is 1.95 bits per heavy atom. The van der Waals surface area contributed by atoms with Gasteiger partial charge in [-0.1, -0.05) is 6.07 Å². The van der Waals surface area contributed by atoms with E-state index in [0.717, 1.165) is 0 Å². The molecule has 1 N–H and O–H groups in total. The van der Waals surface area contributed by atoms with E-state index < -0.39 is 5.91 Å². The highest BCUT2D eigenvalue weighted by atomic mass is 16.3. The minimum atomic E-state index is -0.411. The Kier molecular flexibility index (Phi) is 3.61. The number of amides is 1. The van der Waals surface area contributed by atoms with Gasteiger partial charge in [-0.05, 0) is 38.1 Å². The molecule has 3 aromatic heterocycles. The van der Waals surface area contributed by atoms with E-state index in [2.05, 4.69) is 25.3 Å². The van der Waals surface area contributed by atoms with Crippen molar-refractivity contribution in [1.29, 1.82) is 0 Å². The van der Waals surface area contributed by atoms with Crippen LogP contribution in [0, 0.1) is 13.8 Å². The lowest BCUT2D eigenvalue weighted by atomic mass is 10.3. The first-order valence-corrected chi connectivity index (χ1v) is 6.64. The third-order valence-electron chi connectivity index (χ3n) is 2.83. The summed E-state index contributed by atoms with van der Waals surface area (Å²) in [6, 6.07) is 8.74. The van der Waals surface area contributed by atoms with Crippen molar-refractivity contribution in [2.45, 2.75) is 13.8 Å². The number of aryl methyl sites for hydroxylation is 2. The average Bonchev–Trinajstić information content (AvgIpc) is 2.94. The summed E-state index contributed by atoms with van der Waals surface area (Å²) < 4.78 is 5.27. The zero-order valence-electron chi connectivity index (χ0n) is 12.1. The van der Waals surface area contributed by atoms with Crippen LogP contribution < -0.4 is 5.32 Å². The average molecular weight is 295 g/mol. The quantitative estimate of drug-likeness (QED) is 0.797. The van der Waals surface area contributed by atoms with Crippen LogP contribution in [-0.2, 0) is 0 Å². The van der Waals surface area contributed by atoms with Gasteiger partial charge in [0.1, 0.15) is 17.3 Å². The van der Waals surface area contributed by atoms with Gasteiger partial charge in [0.15, 0.2) is 11.6 Å². The fourth-order valence-electron chi connectivity index (χ4n) is 1.87. The molecule has 0 radical (unpaired) electrons. The number of carbonyl (C=O) groups excluding carboxylic acids is 1. The van der Waals surface area contributed by atoms with Crippen molar-refractivity contribution in [3.05, 3.63) is 53.9 Å². The molecule has 7 heteroatoms. The standard InChI is InChI=1S/C15H13N5O2/c1-9-6-7-12(22-9)14(21)20-15-18-10(2)17-13(19-15)11-5-3-4-8-16-11/h3-8H,1-2H3,(H,17,18,19,20,21). The van der Waals surface area contributed by atoms with E-state index in [4.69, 9.17) is 4.42 Å². The van der Waals surface area contributed by atoms with Gasteiger partial charge in [-0.25, -0.2) is 4.98 Å². The van der Waals surface area contributed by atoms with Crippen molar-refractivity contribution in [2.24, 2.45) is 0 Å². The summed E-state index contributed by atoms with van der Waals surface area (Å²) in [4.78, 5) is 28.8. The molecule has 7 nitrogen and oxygen atoms in total. The fourth-order valence-corrected chi connectivity index (χ4v) is 1.87. The maximum atomic E-state index is 12.1. The number of carbonyl (C=O) groups is 1. The molecule has 22 heavy (non-hydrogen) atoms. The van der Waals surface area contributed by atoms with Gasteiger partial charge >= 0.3 is 0 Å². The van der Waals surface area contributed by atoms with E-state index in [9.17, 15) is 4.79 Å². The Morgan fingerprint density at radius 1 is 1.09 bits per heavy atom. The maximum Gasteiger partial charge on any atom is 0.293 e. The van der Waals surface area contributed by atoms with Crippen LogP contribution in [0.3, 0.4) is 0 Å². The van der Waals surface area contributed by atoms with E-state index in [1.807, 2.05) is 6.07 Å². The molecule has 0 bridgehead atoms. The Balaban J connectivity index is 1.88. The van der Waals surface area contributed by atoms with E-state index in [0.29, 0.717) is 23.1 Å². The summed E-state index contributed by atoms with van der Waals surface area (Å²) in [5.41, 5.74) is 0.609. The SMILES string of the molecule is Cc1nc(NC(=O)c2ccc(C)o2)nc(-c2ccccn2)n1. The molecule has 0 saturated carbocycles. The van der Waals surface area contributed by atoms with Crippen molar-refractivity contribution in [3.63, 3.8) is 0 Å².